The van der Waals surface area contributed by atoms with Gasteiger partial charge in [0.2, 0.25) is 0 Å². The highest BCUT2D eigenvalue weighted by Crippen LogP contribution is 2.18. The molecule has 1 aromatic carbocycles. The molecule has 1 aliphatic rings. The summed E-state index contributed by atoms with van der Waals surface area (Å²) in [6.45, 7) is 9.80. The highest BCUT2D eigenvalue weighted by atomic mass is 32.2. The molecule has 0 unspecified atom stereocenters. The standard InChI is InChI=1S/C16H26N2S.C2H2O4/c1-2-17-11-13-18(14-12-17)10-6-7-15-19-16-8-4-3-5-9-16;3-1(4)2(5)6/h3-5,8-9H,2,6-7,10-15H2,1H3;(H,3,4)(H,5,6). The van der Waals surface area contributed by atoms with Crippen molar-refractivity contribution in [1.29, 1.82) is 0 Å². The van der Waals surface area contributed by atoms with Gasteiger partial charge in [0.25, 0.3) is 0 Å². The van der Waals surface area contributed by atoms with Gasteiger partial charge in [0, 0.05) is 31.1 Å². The predicted octanol–water partition coefficient (Wildman–Crippen LogP) is 2.35. The molecule has 1 aliphatic heterocycles. The number of aliphatic carboxylic acids is 2. The van der Waals surface area contributed by atoms with E-state index >= 15 is 0 Å². The summed E-state index contributed by atoms with van der Waals surface area (Å²) in [6.07, 6.45) is 2.67. The molecule has 140 valence electrons. The number of benzene rings is 1. The van der Waals surface area contributed by atoms with E-state index in [-0.39, 0.29) is 0 Å². The molecule has 0 bridgehead atoms. The fourth-order valence-corrected chi connectivity index (χ4v) is 3.41. The van der Waals surface area contributed by atoms with Crippen molar-refractivity contribution >= 4 is 23.7 Å². The van der Waals surface area contributed by atoms with Gasteiger partial charge in [-0.05, 0) is 43.8 Å². The van der Waals surface area contributed by atoms with Gasteiger partial charge in [-0.15, -0.1) is 11.8 Å². The van der Waals surface area contributed by atoms with Crippen LogP contribution < -0.4 is 0 Å². The number of likely N-dealkylation sites (N-methyl/N-ethyl adjacent to an activating group) is 1. The molecule has 1 fully saturated rings. The molecule has 2 N–H and O–H groups in total. The molecule has 1 saturated heterocycles. The Bertz CT molecular complexity index is 493. The summed E-state index contributed by atoms with van der Waals surface area (Å²) in [5, 5.41) is 14.8. The Hall–Kier alpha value is -1.57. The molecule has 0 saturated carbocycles. The number of nitrogens with zero attached hydrogens (tertiary/aromatic N) is 2. The summed E-state index contributed by atoms with van der Waals surface area (Å²) in [5.74, 6) is -2.40. The van der Waals surface area contributed by atoms with Gasteiger partial charge >= 0.3 is 11.9 Å². The first kappa shape index (κ1) is 21.5. The summed E-state index contributed by atoms with van der Waals surface area (Å²) in [6, 6.07) is 10.7. The molecule has 1 heterocycles. The van der Waals surface area contributed by atoms with E-state index in [1.54, 1.807) is 0 Å². The van der Waals surface area contributed by atoms with Crippen LogP contribution >= 0.6 is 11.8 Å². The number of carboxylic acids is 2. The maximum Gasteiger partial charge on any atom is 0.414 e. The molecule has 1 aromatic rings. The monoisotopic (exact) mass is 368 g/mol. The molecule has 2 rings (SSSR count). The quantitative estimate of drug-likeness (QED) is 0.434. The first-order valence-corrected chi connectivity index (χ1v) is 9.60. The zero-order valence-corrected chi connectivity index (χ0v) is 15.6. The van der Waals surface area contributed by atoms with Crippen LogP contribution in [-0.2, 0) is 9.59 Å². The van der Waals surface area contributed by atoms with E-state index in [0.717, 1.165) is 0 Å². The predicted molar refractivity (Wildman–Crippen MR) is 100 cm³/mol. The summed E-state index contributed by atoms with van der Waals surface area (Å²) in [7, 11) is 0. The Balaban J connectivity index is 0.000000450. The van der Waals surface area contributed by atoms with Crippen molar-refractivity contribution in [2.75, 3.05) is 45.0 Å². The number of hydrogen-bond donors (Lipinski definition) is 2. The van der Waals surface area contributed by atoms with Crippen LogP contribution in [0, 0.1) is 0 Å². The first-order valence-electron chi connectivity index (χ1n) is 8.61. The fraction of sp³-hybridized carbons (Fsp3) is 0.556. The van der Waals surface area contributed by atoms with Crippen molar-refractivity contribution in [1.82, 2.24) is 9.80 Å². The highest BCUT2D eigenvalue weighted by molar-refractivity contribution is 7.99. The number of hydrogen-bond acceptors (Lipinski definition) is 5. The molecule has 6 nitrogen and oxygen atoms in total. The number of carboxylic acid groups (broad SMARTS) is 2. The number of unbranched alkanes of at least 4 members (excludes halogenated alkanes) is 1. The Labute approximate surface area is 153 Å². The third-order valence-corrected chi connectivity index (χ3v) is 5.07. The van der Waals surface area contributed by atoms with E-state index in [0.29, 0.717) is 0 Å². The molecule has 0 spiro atoms. The molecule has 0 radical (unpaired) electrons. The lowest BCUT2D eigenvalue weighted by Crippen LogP contribution is -2.46. The van der Waals surface area contributed by atoms with Crippen molar-refractivity contribution < 1.29 is 19.8 Å². The molecule has 25 heavy (non-hydrogen) atoms. The minimum Gasteiger partial charge on any atom is -0.473 e. The van der Waals surface area contributed by atoms with E-state index in [4.69, 9.17) is 19.8 Å². The van der Waals surface area contributed by atoms with E-state index in [1.807, 2.05) is 11.8 Å². The van der Waals surface area contributed by atoms with E-state index in [2.05, 4.69) is 47.1 Å². The van der Waals surface area contributed by atoms with Crippen molar-refractivity contribution in [3.05, 3.63) is 30.3 Å². The zero-order valence-electron chi connectivity index (χ0n) is 14.8. The van der Waals surface area contributed by atoms with Gasteiger partial charge in [-0.2, -0.15) is 0 Å². The summed E-state index contributed by atoms with van der Waals surface area (Å²) in [5.41, 5.74) is 0. The Morgan fingerprint density at radius 2 is 1.52 bits per heavy atom. The van der Waals surface area contributed by atoms with Crippen LogP contribution in [0.4, 0.5) is 0 Å². The van der Waals surface area contributed by atoms with Gasteiger partial charge in [0.15, 0.2) is 0 Å². The fourth-order valence-electron chi connectivity index (χ4n) is 2.47. The summed E-state index contributed by atoms with van der Waals surface area (Å²) < 4.78 is 0. The first-order chi connectivity index (χ1) is 12.0. The lowest BCUT2D eigenvalue weighted by atomic mass is 10.2. The minimum absolute atomic E-state index is 1.21. The topological polar surface area (TPSA) is 81.1 Å². The highest BCUT2D eigenvalue weighted by Gasteiger charge is 2.14. The van der Waals surface area contributed by atoms with Gasteiger partial charge in [-0.3, -0.25) is 0 Å². The van der Waals surface area contributed by atoms with Gasteiger partial charge in [0.05, 0.1) is 0 Å². The molecule has 0 aliphatic carbocycles. The smallest absolute Gasteiger partial charge is 0.414 e. The van der Waals surface area contributed by atoms with E-state index < -0.39 is 11.9 Å². The van der Waals surface area contributed by atoms with Crippen LogP contribution in [0.3, 0.4) is 0 Å². The van der Waals surface area contributed by atoms with Crippen molar-refractivity contribution in [2.24, 2.45) is 0 Å². The van der Waals surface area contributed by atoms with E-state index in [9.17, 15) is 0 Å². The van der Waals surface area contributed by atoms with Gasteiger partial charge in [-0.1, -0.05) is 25.1 Å². The maximum absolute atomic E-state index is 9.10. The third-order valence-electron chi connectivity index (χ3n) is 3.98. The normalized spacial score (nSPS) is 15.2. The van der Waals surface area contributed by atoms with Crippen LogP contribution in [0.25, 0.3) is 0 Å². The minimum atomic E-state index is -1.82. The summed E-state index contributed by atoms with van der Waals surface area (Å²) >= 11 is 1.98. The Morgan fingerprint density at radius 1 is 0.960 bits per heavy atom. The molecule has 0 atom stereocenters. The van der Waals surface area contributed by atoms with E-state index in [1.165, 1.54) is 62.8 Å². The molecular weight excluding hydrogens is 340 g/mol. The van der Waals surface area contributed by atoms with Crippen LogP contribution in [0.15, 0.2) is 35.2 Å². The van der Waals surface area contributed by atoms with Gasteiger partial charge < -0.3 is 20.0 Å². The second kappa shape index (κ2) is 12.7. The van der Waals surface area contributed by atoms with Crippen LogP contribution in [-0.4, -0.2) is 77.0 Å². The van der Waals surface area contributed by atoms with Crippen molar-refractivity contribution in [2.45, 2.75) is 24.7 Å². The number of piperazine rings is 1. The maximum atomic E-state index is 9.10. The van der Waals surface area contributed by atoms with Crippen LogP contribution in [0.1, 0.15) is 19.8 Å². The number of thioether (sulfide) groups is 1. The number of carbonyl (C=O) groups is 2. The van der Waals surface area contributed by atoms with Crippen LogP contribution in [0.5, 0.6) is 0 Å². The van der Waals surface area contributed by atoms with Gasteiger partial charge in [-0.25, -0.2) is 9.59 Å². The van der Waals surface area contributed by atoms with Crippen molar-refractivity contribution in [3.8, 4) is 0 Å². The lowest BCUT2D eigenvalue weighted by molar-refractivity contribution is -0.159. The SMILES string of the molecule is CCN1CCN(CCCCSc2ccccc2)CC1.O=C(O)C(=O)O. The number of rotatable bonds is 7. The van der Waals surface area contributed by atoms with Crippen LogP contribution in [0.2, 0.25) is 0 Å². The largest absolute Gasteiger partial charge is 0.473 e. The molecule has 0 aromatic heterocycles. The van der Waals surface area contributed by atoms with Gasteiger partial charge in [0.1, 0.15) is 0 Å². The Kier molecular flexibility index (Phi) is 10.9. The second-order valence-electron chi connectivity index (χ2n) is 5.75. The second-order valence-corrected chi connectivity index (χ2v) is 6.92. The molecular formula is C18H28N2O4S. The van der Waals surface area contributed by atoms with Crippen molar-refractivity contribution in [3.63, 3.8) is 0 Å². The molecule has 7 heteroatoms. The lowest BCUT2D eigenvalue weighted by Gasteiger charge is -2.33. The Morgan fingerprint density at radius 3 is 2.04 bits per heavy atom. The third kappa shape index (κ3) is 10.1. The zero-order chi connectivity index (χ0) is 18.5. The average molecular weight is 368 g/mol. The average Bonchev–Trinajstić information content (AvgIpc) is 2.63. The molecule has 0 amide bonds. The summed E-state index contributed by atoms with van der Waals surface area (Å²) in [4.78, 5) is 24.8.